The van der Waals surface area contributed by atoms with E-state index in [0.717, 1.165) is 57.4 Å². The Balaban J connectivity index is 2.10. The van der Waals surface area contributed by atoms with Crippen molar-refractivity contribution in [3.05, 3.63) is 23.8 Å². The lowest BCUT2D eigenvalue weighted by Crippen LogP contribution is -2.43. The highest BCUT2D eigenvalue weighted by atomic mass is 16.5. The molecule has 0 aliphatic carbocycles. The first-order valence-corrected chi connectivity index (χ1v) is 10.0. The fourth-order valence-corrected chi connectivity index (χ4v) is 3.09. The number of rotatable bonds is 10. The molecule has 0 spiro atoms. The molecule has 5 nitrogen and oxygen atoms in total. The van der Waals surface area contributed by atoms with Crippen molar-refractivity contribution in [3.63, 3.8) is 0 Å². The van der Waals surface area contributed by atoms with Crippen LogP contribution in [0.4, 0.5) is 0 Å². The molecule has 1 N–H and O–H groups in total. The zero-order valence-corrected chi connectivity index (χ0v) is 16.6. The first kappa shape index (κ1) is 20.6. The minimum atomic E-state index is 0.0531. The average Bonchev–Trinajstić information content (AvgIpc) is 2.69. The molecule has 1 aliphatic heterocycles. The van der Waals surface area contributed by atoms with Crippen molar-refractivity contribution in [2.75, 3.05) is 33.4 Å². The van der Waals surface area contributed by atoms with Gasteiger partial charge >= 0.3 is 0 Å². The van der Waals surface area contributed by atoms with Gasteiger partial charge in [-0.1, -0.05) is 26.7 Å². The third kappa shape index (κ3) is 5.90. The number of nitrogens with one attached hydrogen (secondary N) is 1. The first-order valence-electron chi connectivity index (χ1n) is 10.0. The Kier molecular flexibility index (Phi) is 8.75. The number of hydrogen-bond acceptors (Lipinski definition) is 4. The molecule has 1 heterocycles. The monoisotopic (exact) mass is 362 g/mol. The van der Waals surface area contributed by atoms with E-state index < -0.39 is 0 Å². The summed E-state index contributed by atoms with van der Waals surface area (Å²) in [5.74, 6) is 1.46. The summed E-state index contributed by atoms with van der Waals surface area (Å²) in [5, 5.41) is 3.34. The lowest BCUT2D eigenvalue weighted by molar-refractivity contribution is 0.0702. The van der Waals surface area contributed by atoms with E-state index in [-0.39, 0.29) is 5.91 Å². The van der Waals surface area contributed by atoms with Crippen molar-refractivity contribution >= 4 is 5.91 Å². The molecule has 0 bridgehead atoms. The second kappa shape index (κ2) is 11.1. The number of piperidine rings is 1. The van der Waals surface area contributed by atoms with E-state index in [9.17, 15) is 4.79 Å². The van der Waals surface area contributed by atoms with Gasteiger partial charge in [0.1, 0.15) is 0 Å². The van der Waals surface area contributed by atoms with Crippen molar-refractivity contribution in [3.8, 4) is 11.5 Å². The Morgan fingerprint density at radius 1 is 1.08 bits per heavy atom. The van der Waals surface area contributed by atoms with E-state index in [1.165, 1.54) is 0 Å². The van der Waals surface area contributed by atoms with Crippen LogP contribution in [0.3, 0.4) is 0 Å². The summed E-state index contributed by atoms with van der Waals surface area (Å²) in [6.07, 6.45) is 6.16. The van der Waals surface area contributed by atoms with Crippen molar-refractivity contribution in [1.29, 1.82) is 0 Å². The lowest BCUT2D eigenvalue weighted by Gasteiger charge is -2.31. The second-order valence-electron chi connectivity index (χ2n) is 6.96. The molecule has 1 fully saturated rings. The highest BCUT2D eigenvalue weighted by molar-refractivity contribution is 5.95. The van der Waals surface area contributed by atoms with E-state index >= 15 is 0 Å². The van der Waals surface area contributed by atoms with E-state index in [1.807, 2.05) is 30.1 Å². The van der Waals surface area contributed by atoms with Crippen LogP contribution in [0.1, 0.15) is 62.7 Å². The van der Waals surface area contributed by atoms with Crippen LogP contribution < -0.4 is 14.8 Å². The standard InChI is InChI=1S/C21H34N2O3/c1-4-6-14-25-19-9-8-17(16-20(19)26-15-7-5-2)21(24)23(3)18-10-12-22-13-11-18/h8-9,16,18,22H,4-7,10-15H2,1-3H3. The summed E-state index contributed by atoms with van der Waals surface area (Å²) in [5.41, 5.74) is 0.667. The molecule has 146 valence electrons. The number of hydrogen-bond donors (Lipinski definition) is 1. The minimum absolute atomic E-state index is 0.0531. The summed E-state index contributed by atoms with van der Waals surface area (Å²) in [6, 6.07) is 5.87. The van der Waals surface area contributed by atoms with Crippen LogP contribution in [0.2, 0.25) is 0 Å². The van der Waals surface area contributed by atoms with Gasteiger partial charge in [0.25, 0.3) is 5.91 Å². The van der Waals surface area contributed by atoms with Gasteiger partial charge in [-0.2, -0.15) is 0 Å². The summed E-state index contributed by atoms with van der Waals surface area (Å²) in [4.78, 5) is 14.8. The Hall–Kier alpha value is -1.75. The molecule has 1 aromatic rings. The Morgan fingerprint density at radius 2 is 1.69 bits per heavy atom. The highest BCUT2D eigenvalue weighted by Gasteiger charge is 2.23. The number of carbonyl (C=O) groups excluding carboxylic acids is 1. The van der Waals surface area contributed by atoms with E-state index in [4.69, 9.17) is 9.47 Å². The summed E-state index contributed by atoms with van der Waals surface area (Å²) in [6.45, 7) is 7.53. The Labute approximate surface area is 158 Å². The predicted molar refractivity (Wildman–Crippen MR) is 105 cm³/mol. The van der Waals surface area contributed by atoms with E-state index in [0.29, 0.717) is 30.6 Å². The summed E-state index contributed by atoms with van der Waals surface area (Å²) < 4.78 is 11.8. The number of benzene rings is 1. The van der Waals surface area contributed by atoms with Crippen molar-refractivity contribution < 1.29 is 14.3 Å². The third-order valence-electron chi connectivity index (χ3n) is 4.88. The number of amides is 1. The maximum atomic E-state index is 12.9. The van der Waals surface area contributed by atoms with E-state index in [1.54, 1.807) is 0 Å². The topological polar surface area (TPSA) is 50.8 Å². The molecule has 26 heavy (non-hydrogen) atoms. The van der Waals surface area contributed by atoms with Gasteiger partial charge in [-0.05, 0) is 57.0 Å². The molecule has 0 unspecified atom stereocenters. The molecule has 2 rings (SSSR count). The highest BCUT2D eigenvalue weighted by Crippen LogP contribution is 2.30. The van der Waals surface area contributed by atoms with Gasteiger partial charge in [0.05, 0.1) is 13.2 Å². The number of carbonyl (C=O) groups is 1. The average molecular weight is 363 g/mol. The van der Waals surface area contributed by atoms with Gasteiger partial charge in [-0.3, -0.25) is 4.79 Å². The van der Waals surface area contributed by atoms with Crippen LogP contribution in [0.25, 0.3) is 0 Å². The van der Waals surface area contributed by atoms with Crippen LogP contribution in [-0.2, 0) is 0 Å². The normalized spacial score (nSPS) is 14.9. The van der Waals surface area contributed by atoms with Crippen LogP contribution >= 0.6 is 0 Å². The SMILES string of the molecule is CCCCOc1ccc(C(=O)N(C)C2CCNCC2)cc1OCCCC. The zero-order valence-electron chi connectivity index (χ0n) is 16.6. The maximum absolute atomic E-state index is 12.9. The third-order valence-corrected chi connectivity index (χ3v) is 4.88. The van der Waals surface area contributed by atoms with Crippen molar-refractivity contribution in [2.24, 2.45) is 0 Å². The molecule has 0 saturated carbocycles. The zero-order chi connectivity index (χ0) is 18.8. The van der Waals surface area contributed by atoms with Gasteiger partial charge in [0.15, 0.2) is 11.5 Å². The van der Waals surface area contributed by atoms with Crippen molar-refractivity contribution in [2.45, 2.75) is 58.4 Å². The summed E-state index contributed by atoms with van der Waals surface area (Å²) in [7, 11) is 1.90. The molecule has 0 radical (unpaired) electrons. The van der Waals surface area contributed by atoms with Gasteiger partial charge in [-0.25, -0.2) is 0 Å². The molecule has 0 aromatic heterocycles. The van der Waals surface area contributed by atoms with Crippen LogP contribution in [0.15, 0.2) is 18.2 Å². The minimum Gasteiger partial charge on any atom is -0.490 e. The number of nitrogens with zero attached hydrogens (tertiary/aromatic N) is 1. The molecule has 1 aliphatic rings. The molecule has 5 heteroatoms. The van der Waals surface area contributed by atoms with Gasteiger partial charge in [0.2, 0.25) is 0 Å². The molecular formula is C21H34N2O3. The van der Waals surface area contributed by atoms with Crippen LogP contribution in [0.5, 0.6) is 11.5 Å². The predicted octanol–water partition coefficient (Wildman–Crippen LogP) is 3.87. The lowest BCUT2D eigenvalue weighted by atomic mass is 10.0. The van der Waals surface area contributed by atoms with Crippen LogP contribution in [0, 0.1) is 0 Å². The van der Waals surface area contributed by atoms with Crippen LogP contribution in [-0.4, -0.2) is 50.2 Å². The fraction of sp³-hybridized carbons (Fsp3) is 0.667. The second-order valence-corrected chi connectivity index (χ2v) is 6.96. The quantitative estimate of drug-likeness (QED) is 0.642. The van der Waals surface area contributed by atoms with Gasteiger partial charge in [0, 0.05) is 18.7 Å². The van der Waals surface area contributed by atoms with Crippen molar-refractivity contribution in [1.82, 2.24) is 10.2 Å². The maximum Gasteiger partial charge on any atom is 0.253 e. The number of unbranched alkanes of at least 4 members (excludes halogenated alkanes) is 2. The smallest absolute Gasteiger partial charge is 0.253 e. The largest absolute Gasteiger partial charge is 0.490 e. The molecule has 1 aromatic carbocycles. The van der Waals surface area contributed by atoms with Gasteiger partial charge < -0.3 is 19.7 Å². The number of ether oxygens (including phenoxy) is 2. The van der Waals surface area contributed by atoms with Gasteiger partial charge in [-0.15, -0.1) is 0 Å². The first-order chi connectivity index (χ1) is 12.7. The molecule has 1 saturated heterocycles. The molecular weight excluding hydrogens is 328 g/mol. The van der Waals surface area contributed by atoms with E-state index in [2.05, 4.69) is 19.2 Å². The molecule has 0 atom stereocenters. The summed E-state index contributed by atoms with van der Waals surface area (Å²) >= 11 is 0. The Morgan fingerprint density at radius 3 is 2.31 bits per heavy atom. The Bertz CT molecular complexity index is 556. The molecule has 1 amide bonds. The fourth-order valence-electron chi connectivity index (χ4n) is 3.09.